The Bertz CT molecular complexity index is 538. The lowest BCUT2D eigenvalue weighted by Gasteiger charge is -2.10. The van der Waals surface area contributed by atoms with Crippen molar-refractivity contribution >= 4 is 21.7 Å². The van der Waals surface area contributed by atoms with Gasteiger partial charge < -0.3 is 10.6 Å². The van der Waals surface area contributed by atoms with Crippen LogP contribution in [0, 0.1) is 5.92 Å². The Morgan fingerprint density at radius 2 is 1.80 bits per heavy atom. The normalized spacial score (nSPS) is 11.4. The maximum atomic E-state index is 11.7. The number of nitrogens with one attached hydrogen (secondary N) is 3. The lowest BCUT2D eigenvalue weighted by Crippen LogP contribution is -2.31. The molecule has 0 fully saturated rings. The molecule has 0 saturated heterocycles. The third-order valence-electron chi connectivity index (χ3n) is 2.43. The lowest BCUT2D eigenvalue weighted by atomic mass is 10.2. The van der Waals surface area contributed by atoms with E-state index in [2.05, 4.69) is 15.4 Å². The molecular formula is C13H21N3O3S. The van der Waals surface area contributed by atoms with Gasteiger partial charge in [0.1, 0.15) is 0 Å². The van der Waals surface area contributed by atoms with Crippen LogP contribution in [0.25, 0.3) is 0 Å². The minimum absolute atomic E-state index is 0.174. The first kappa shape index (κ1) is 16.5. The van der Waals surface area contributed by atoms with Crippen molar-refractivity contribution in [3.63, 3.8) is 0 Å². The molecule has 0 spiro atoms. The second-order valence-electron chi connectivity index (χ2n) is 4.75. The van der Waals surface area contributed by atoms with E-state index in [1.54, 1.807) is 19.1 Å². The van der Waals surface area contributed by atoms with Crippen LogP contribution in [0.3, 0.4) is 0 Å². The van der Waals surface area contributed by atoms with Crippen LogP contribution < -0.4 is 15.4 Å². The molecule has 0 radical (unpaired) electrons. The zero-order valence-electron chi connectivity index (χ0n) is 11.9. The number of carbonyl (C=O) groups is 1. The highest BCUT2D eigenvalue weighted by Gasteiger charge is 2.12. The molecule has 112 valence electrons. The topological polar surface area (TPSA) is 87.3 Å². The fourth-order valence-corrected chi connectivity index (χ4v) is 2.50. The molecule has 0 aliphatic rings. The van der Waals surface area contributed by atoms with E-state index in [4.69, 9.17) is 0 Å². The number of rotatable bonds is 6. The Morgan fingerprint density at radius 3 is 2.30 bits per heavy atom. The van der Waals surface area contributed by atoms with E-state index < -0.39 is 10.0 Å². The van der Waals surface area contributed by atoms with E-state index in [9.17, 15) is 13.2 Å². The van der Waals surface area contributed by atoms with Gasteiger partial charge in [-0.1, -0.05) is 20.8 Å². The van der Waals surface area contributed by atoms with Gasteiger partial charge in [0.25, 0.3) is 0 Å². The van der Waals surface area contributed by atoms with Gasteiger partial charge in [0.15, 0.2) is 0 Å². The number of hydrogen-bond acceptors (Lipinski definition) is 3. The van der Waals surface area contributed by atoms with Crippen molar-refractivity contribution in [1.29, 1.82) is 0 Å². The number of anilines is 1. The minimum atomic E-state index is -3.46. The highest BCUT2D eigenvalue weighted by Crippen LogP contribution is 2.13. The smallest absolute Gasteiger partial charge is 0.319 e. The molecule has 0 bridgehead atoms. The first-order valence-electron chi connectivity index (χ1n) is 6.49. The first-order valence-corrected chi connectivity index (χ1v) is 7.98. The summed E-state index contributed by atoms with van der Waals surface area (Å²) in [6.07, 6.45) is 0. The van der Waals surface area contributed by atoms with Gasteiger partial charge in [0, 0.05) is 18.8 Å². The second kappa shape index (κ2) is 7.25. The van der Waals surface area contributed by atoms with Gasteiger partial charge in [-0.15, -0.1) is 0 Å². The van der Waals surface area contributed by atoms with Crippen LogP contribution in [-0.2, 0) is 10.0 Å². The van der Waals surface area contributed by atoms with E-state index in [-0.39, 0.29) is 10.9 Å². The van der Waals surface area contributed by atoms with Crippen molar-refractivity contribution in [2.75, 3.05) is 18.4 Å². The molecule has 1 rings (SSSR count). The molecule has 3 N–H and O–H groups in total. The summed E-state index contributed by atoms with van der Waals surface area (Å²) >= 11 is 0. The van der Waals surface area contributed by atoms with Gasteiger partial charge in [-0.25, -0.2) is 17.9 Å². The van der Waals surface area contributed by atoms with E-state index in [0.717, 1.165) is 0 Å². The molecule has 20 heavy (non-hydrogen) atoms. The van der Waals surface area contributed by atoms with Crippen LogP contribution >= 0.6 is 0 Å². The number of benzene rings is 1. The molecule has 0 aliphatic heterocycles. The maximum absolute atomic E-state index is 11.7. The first-order chi connectivity index (χ1) is 9.35. The zero-order valence-corrected chi connectivity index (χ0v) is 12.8. The van der Waals surface area contributed by atoms with Gasteiger partial charge in [-0.2, -0.15) is 0 Å². The SMILES string of the molecule is CCNS(=O)(=O)c1ccc(NC(=O)NCC(C)C)cc1. The van der Waals surface area contributed by atoms with E-state index in [0.29, 0.717) is 24.7 Å². The van der Waals surface area contributed by atoms with E-state index in [1.807, 2.05) is 13.8 Å². The van der Waals surface area contributed by atoms with Crippen molar-refractivity contribution in [3.05, 3.63) is 24.3 Å². The maximum Gasteiger partial charge on any atom is 0.319 e. The molecule has 2 amide bonds. The van der Waals surface area contributed by atoms with Crippen molar-refractivity contribution in [2.24, 2.45) is 5.92 Å². The van der Waals surface area contributed by atoms with Crippen LogP contribution in [0.1, 0.15) is 20.8 Å². The van der Waals surface area contributed by atoms with Gasteiger partial charge in [-0.05, 0) is 30.2 Å². The molecule has 0 aromatic heterocycles. The van der Waals surface area contributed by atoms with Crippen molar-refractivity contribution in [1.82, 2.24) is 10.0 Å². The molecule has 0 unspecified atom stereocenters. The Hall–Kier alpha value is -1.60. The summed E-state index contributed by atoms with van der Waals surface area (Å²) in [7, 11) is -3.46. The Morgan fingerprint density at radius 1 is 1.20 bits per heavy atom. The molecule has 0 heterocycles. The predicted octanol–water partition coefficient (Wildman–Crippen LogP) is 1.76. The van der Waals surface area contributed by atoms with Gasteiger partial charge in [-0.3, -0.25) is 0 Å². The van der Waals surface area contributed by atoms with Gasteiger partial charge in [0.05, 0.1) is 4.90 Å². The number of urea groups is 1. The summed E-state index contributed by atoms with van der Waals surface area (Å²) in [6, 6.07) is 5.71. The third kappa shape index (κ3) is 5.18. The van der Waals surface area contributed by atoms with Crippen molar-refractivity contribution in [2.45, 2.75) is 25.7 Å². The Labute approximate surface area is 120 Å². The molecule has 0 aliphatic carbocycles. The van der Waals surface area contributed by atoms with E-state index in [1.165, 1.54) is 12.1 Å². The Balaban J connectivity index is 2.65. The summed E-state index contributed by atoms with van der Waals surface area (Å²) in [5.41, 5.74) is 0.543. The fourth-order valence-electron chi connectivity index (χ4n) is 1.46. The Kier molecular flexibility index (Phi) is 5.97. The molecule has 6 nitrogen and oxygen atoms in total. The van der Waals surface area contributed by atoms with Crippen molar-refractivity contribution < 1.29 is 13.2 Å². The average molecular weight is 299 g/mol. The summed E-state index contributed by atoms with van der Waals surface area (Å²) in [4.78, 5) is 11.7. The molecular weight excluding hydrogens is 278 g/mol. The third-order valence-corrected chi connectivity index (χ3v) is 3.99. The van der Waals surface area contributed by atoms with Crippen molar-refractivity contribution in [3.8, 4) is 0 Å². The molecule has 1 aromatic carbocycles. The zero-order chi connectivity index (χ0) is 15.2. The largest absolute Gasteiger partial charge is 0.338 e. The number of carbonyl (C=O) groups excluding carboxylic acids is 1. The predicted molar refractivity (Wildman–Crippen MR) is 79.2 cm³/mol. The van der Waals surface area contributed by atoms with Crippen LogP contribution in [0.2, 0.25) is 0 Å². The number of hydrogen-bond donors (Lipinski definition) is 3. The fraction of sp³-hybridized carbons (Fsp3) is 0.462. The standard InChI is InChI=1S/C13H21N3O3S/c1-4-15-20(18,19)12-7-5-11(6-8-12)16-13(17)14-9-10(2)3/h5-8,10,15H,4,9H2,1-3H3,(H2,14,16,17). The van der Waals surface area contributed by atoms with Crippen LogP contribution in [0.5, 0.6) is 0 Å². The number of amides is 2. The van der Waals surface area contributed by atoms with Crippen LogP contribution in [0.15, 0.2) is 29.2 Å². The van der Waals surface area contributed by atoms with E-state index >= 15 is 0 Å². The average Bonchev–Trinajstić information content (AvgIpc) is 2.37. The summed E-state index contributed by atoms with van der Waals surface area (Å²) in [5, 5.41) is 5.36. The van der Waals surface area contributed by atoms with Crippen LogP contribution in [0.4, 0.5) is 10.5 Å². The van der Waals surface area contributed by atoms with Crippen LogP contribution in [-0.4, -0.2) is 27.5 Å². The summed E-state index contributed by atoms with van der Waals surface area (Å²) in [5.74, 6) is 0.369. The summed E-state index contributed by atoms with van der Waals surface area (Å²) < 4.78 is 25.9. The minimum Gasteiger partial charge on any atom is -0.338 e. The van der Waals surface area contributed by atoms with Gasteiger partial charge in [0.2, 0.25) is 10.0 Å². The molecule has 0 saturated carbocycles. The quantitative estimate of drug-likeness (QED) is 0.748. The molecule has 1 aromatic rings. The van der Waals surface area contributed by atoms with Gasteiger partial charge >= 0.3 is 6.03 Å². The second-order valence-corrected chi connectivity index (χ2v) is 6.52. The highest BCUT2D eigenvalue weighted by molar-refractivity contribution is 7.89. The highest BCUT2D eigenvalue weighted by atomic mass is 32.2. The lowest BCUT2D eigenvalue weighted by molar-refractivity contribution is 0.251. The monoisotopic (exact) mass is 299 g/mol. The molecule has 7 heteroatoms. The number of sulfonamides is 1. The summed E-state index contributed by atoms with van der Waals surface area (Å²) in [6.45, 7) is 6.63. The molecule has 0 atom stereocenters.